The van der Waals surface area contributed by atoms with Gasteiger partial charge >= 0.3 is 0 Å². The Labute approximate surface area is 144 Å². The molecule has 1 nitrogen and oxygen atoms in total. The summed E-state index contributed by atoms with van der Waals surface area (Å²) in [6.45, 7) is 5.08. The molecule has 0 radical (unpaired) electrons. The van der Waals surface area contributed by atoms with Gasteiger partial charge in [0.15, 0.2) is 0 Å². The van der Waals surface area contributed by atoms with Crippen LogP contribution in [0.4, 0.5) is 0 Å². The predicted octanol–water partition coefficient (Wildman–Crippen LogP) is 6.45. The first-order valence-corrected chi connectivity index (χ1v) is 8.64. The highest BCUT2D eigenvalue weighted by Crippen LogP contribution is 2.30. The zero-order valence-corrected chi connectivity index (χ0v) is 14.4. The minimum atomic E-state index is 0.588. The molecule has 3 rings (SSSR count). The monoisotopic (exact) mass is 316 g/mol. The number of hydrogen-bond donors (Lipinski definition) is 0. The molecule has 1 unspecified atom stereocenters. The highest BCUT2D eigenvalue weighted by atomic mass is 16.5. The number of rotatable bonds is 6. The first kappa shape index (κ1) is 16.3. The van der Waals surface area contributed by atoms with Gasteiger partial charge in [-0.2, -0.15) is 0 Å². The summed E-state index contributed by atoms with van der Waals surface area (Å²) in [6, 6.07) is 27.4. The number of hydrogen-bond acceptors (Lipinski definition) is 1. The average Bonchev–Trinajstić information content (AvgIpc) is 2.67. The summed E-state index contributed by atoms with van der Waals surface area (Å²) in [5, 5.41) is 0. The van der Waals surface area contributed by atoms with E-state index in [4.69, 9.17) is 4.74 Å². The molecule has 122 valence electrons. The quantitative estimate of drug-likeness (QED) is 0.508. The molecule has 0 aliphatic carbocycles. The molecule has 0 aliphatic rings. The fraction of sp³-hybridized carbons (Fsp3) is 0.217. The molecule has 1 atom stereocenters. The Balaban J connectivity index is 1.73. The summed E-state index contributed by atoms with van der Waals surface area (Å²) >= 11 is 0. The summed E-state index contributed by atoms with van der Waals surface area (Å²) in [6.07, 6.45) is 1.17. The molecule has 0 aromatic heterocycles. The summed E-state index contributed by atoms with van der Waals surface area (Å²) in [7, 11) is 0. The zero-order chi connectivity index (χ0) is 16.8. The minimum Gasteiger partial charge on any atom is -0.488 e. The third kappa shape index (κ3) is 3.86. The Morgan fingerprint density at radius 1 is 0.792 bits per heavy atom. The van der Waals surface area contributed by atoms with E-state index in [1.807, 2.05) is 18.2 Å². The van der Waals surface area contributed by atoms with E-state index in [-0.39, 0.29) is 0 Å². The van der Waals surface area contributed by atoms with Gasteiger partial charge in [0.25, 0.3) is 0 Å². The van der Waals surface area contributed by atoms with E-state index < -0.39 is 0 Å². The Bertz CT molecular complexity index is 760. The van der Waals surface area contributed by atoms with Crippen LogP contribution in [0.3, 0.4) is 0 Å². The summed E-state index contributed by atoms with van der Waals surface area (Å²) in [4.78, 5) is 0. The van der Waals surface area contributed by atoms with Crippen LogP contribution >= 0.6 is 0 Å². The van der Waals surface area contributed by atoms with Crippen molar-refractivity contribution >= 4 is 0 Å². The fourth-order valence-corrected chi connectivity index (χ4v) is 2.79. The molecular weight excluding hydrogens is 292 g/mol. The van der Waals surface area contributed by atoms with Gasteiger partial charge in [-0.05, 0) is 35.1 Å². The van der Waals surface area contributed by atoms with Gasteiger partial charge < -0.3 is 4.74 Å². The molecule has 0 heterocycles. The SMILES string of the molecule is CCC(C)c1ccc(COc2ccccc2-c2ccccc2)cc1. The average molecular weight is 316 g/mol. The van der Waals surface area contributed by atoms with Crippen LogP contribution in [0, 0.1) is 0 Å². The number of benzene rings is 3. The van der Waals surface area contributed by atoms with Crippen molar-refractivity contribution in [2.75, 3.05) is 0 Å². The van der Waals surface area contributed by atoms with Crippen LogP contribution in [0.5, 0.6) is 5.75 Å². The van der Waals surface area contributed by atoms with Gasteiger partial charge in [0.2, 0.25) is 0 Å². The van der Waals surface area contributed by atoms with Crippen molar-refractivity contribution < 1.29 is 4.74 Å². The molecule has 0 fully saturated rings. The molecule has 3 aromatic rings. The van der Waals surface area contributed by atoms with Crippen molar-refractivity contribution in [3.8, 4) is 16.9 Å². The lowest BCUT2D eigenvalue weighted by Gasteiger charge is -2.13. The predicted molar refractivity (Wildman–Crippen MR) is 101 cm³/mol. The lowest BCUT2D eigenvalue weighted by atomic mass is 9.98. The van der Waals surface area contributed by atoms with E-state index in [0.717, 1.165) is 11.3 Å². The first-order chi connectivity index (χ1) is 11.8. The Morgan fingerprint density at radius 2 is 1.46 bits per heavy atom. The maximum atomic E-state index is 6.10. The van der Waals surface area contributed by atoms with Crippen molar-refractivity contribution in [3.63, 3.8) is 0 Å². The van der Waals surface area contributed by atoms with Gasteiger partial charge in [-0.15, -0.1) is 0 Å². The van der Waals surface area contributed by atoms with Crippen LogP contribution in [0.25, 0.3) is 11.1 Å². The maximum Gasteiger partial charge on any atom is 0.127 e. The molecule has 0 bridgehead atoms. The zero-order valence-electron chi connectivity index (χ0n) is 14.4. The topological polar surface area (TPSA) is 9.23 Å². The fourth-order valence-electron chi connectivity index (χ4n) is 2.79. The van der Waals surface area contributed by atoms with Gasteiger partial charge in [-0.25, -0.2) is 0 Å². The first-order valence-electron chi connectivity index (χ1n) is 8.64. The third-order valence-electron chi connectivity index (χ3n) is 4.53. The molecule has 0 aliphatic heterocycles. The molecule has 3 aromatic carbocycles. The van der Waals surface area contributed by atoms with Crippen molar-refractivity contribution in [2.45, 2.75) is 32.8 Å². The molecular formula is C23H24O. The summed E-state index contributed by atoms with van der Waals surface area (Å²) < 4.78 is 6.10. The van der Waals surface area contributed by atoms with E-state index >= 15 is 0 Å². The molecule has 24 heavy (non-hydrogen) atoms. The van der Waals surface area contributed by atoms with Gasteiger partial charge in [0.05, 0.1) is 0 Å². The minimum absolute atomic E-state index is 0.588. The van der Waals surface area contributed by atoms with Crippen LogP contribution in [-0.2, 0) is 6.61 Å². The second kappa shape index (κ2) is 7.83. The molecule has 0 saturated carbocycles. The summed E-state index contributed by atoms with van der Waals surface area (Å²) in [5.74, 6) is 1.54. The molecule has 1 heteroatoms. The molecule has 0 spiro atoms. The maximum absolute atomic E-state index is 6.10. The standard InChI is InChI=1S/C23H24O/c1-3-18(2)20-15-13-19(14-16-20)17-24-23-12-8-7-11-22(23)21-9-5-4-6-10-21/h4-16,18H,3,17H2,1-2H3. The Kier molecular flexibility index (Phi) is 5.32. The molecule has 0 amide bonds. The van der Waals surface area contributed by atoms with E-state index in [9.17, 15) is 0 Å². The largest absolute Gasteiger partial charge is 0.488 e. The van der Waals surface area contributed by atoms with E-state index in [1.165, 1.54) is 23.1 Å². The molecule has 0 saturated heterocycles. The number of para-hydroxylation sites is 1. The highest BCUT2D eigenvalue weighted by Gasteiger charge is 2.06. The summed E-state index contributed by atoms with van der Waals surface area (Å²) in [5.41, 5.74) is 4.91. The van der Waals surface area contributed by atoms with Crippen molar-refractivity contribution in [1.29, 1.82) is 0 Å². The second-order valence-corrected chi connectivity index (χ2v) is 6.20. The van der Waals surface area contributed by atoms with Crippen LogP contribution in [0.2, 0.25) is 0 Å². The van der Waals surface area contributed by atoms with E-state index in [2.05, 4.69) is 74.5 Å². The second-order valence-electron chi connectivity index (χ2n) is 6.20. The van der Waals surface area contributed by atoms with Gasteiger partial charge in [-0.1, -0.05) is 86.6 Å². The van der Waals surface area contributed by atoms with Gasteiger partial charge in [0.1, 0.15) is 12.4 Å². The van der Waals surface area contributed by atoms with Crippen LogP contribution < -0.4 is 4.74 Å². The van der Waals surface area contributed by atoms with Crippen LogP contribution in [0.15, 0.2) is 78.9 Å². The van der Waals surface area contributed by atoms with Crippen LogP contribution in [-0.4, -0.2) is 0 Å². The lowest BCUT2D eigenvalue weighted by molar-refractivity contribution is 0.307. The normalized spacial score (nSPS) is 11.9. The number of ether oxygens (including phenoxy) is 1. The van der Waals surface area contributed by atoms with E-state index in [0.29, 0.717) is 12.5 Å². The van der Waals surface area contributed by atoms with Crippen molar-refractivity contribution in [3.05, 3.63) is 90.0 Å². The van der Waals surface area contributed by atoms with Crippen molar-refractivity contribution in [1.82, 2.24) is 0 Å². The highest BCUT2D eigenvalue weighted by molar-refractivity contribution is 5.70. The van der Waals surface area contributed by atoms with Gasteiger partial charge in [-0.3, -0.25) is 0 Å². The molecule has 0 N–H and O–H groups in total. The van der Waals surface area contributed by atoms with Gasteiger partial charge in [0, 0.05) is 5.56 Å². The van der Waals surface area contributed by atoms with Crippen LogP contribution in [0.1, 0.15) is 37.3 Å². The Hall–Kier alpha value is -2.54. The smallest absolute Gasteiger partial charge is 0.127 e. The Morgan fingerprint density at radius 3 is 2.17 bits per heavy atom. The third-order valence-corrected chi connectivity index (χ3v) is 4.53. The van der Waals surface area contributed by atoms with Crippen molar-refractivity contribution in [2.24, 2.45) is 0 Å². The van der Waals surface area contributed by atoms with E-state index in [1.54, 1.807) is 0 Å². The lowest BCUT2D eigenvalue weighted by Crippen LogP contribution is -1.98.